The molecule has 9 heteroatoms. The van der Waals surface area contributed by atoms with Crippen molar-refractivity contribution in [3.05, 3.63) is 59.7 Å². The first-order valence-corrected chi connectivity index (χ1v) is 12.4. The lowest BCUT2D eigenvalue weighted by molar-refractivity contribution is -0.153. The Balaban J connectivity index is 1.24. The van der Waals surface area contributed by atoms with E-state index in [1.807, 2.05) is 24.3 Å². The Kier molecular flexibility index (Phi) is 6.22. The van der Waals surface area contributed by atoms with E-state index in [2.05, 4.69) is 29.6 Å². The third kappa shape index (κ3) is 4.03. The summed E-state index contributed by atoms with van der Waals surface area (Å²) in [6.07, 6.45) is -1.09. The average molecular weight is 483 g/mol. The van der Waals surface area contributed by atoms with Gasteiger partial charge in [0.1, 0.15) is 12.6 Å². The van der Waals surface area contributed by atoms with Gasteiger partial charge in [-0.3, -0.25) is 4.79 Å². The maximum Gasteiger partial charge on any atom is 0.407 e. The van der Waals surface area contributed by atoms with Gasteiger partial charge in [-0.25, -0.2) is 9.59 Å². The molecule has 4 atom stereocenters. The van der Waals surface area contributed by atoms with Crippen molar-refractivity contribution in [1.29, 1.82) is 0 Å². The van der Waals surface area contributed by atoms with Gasteiger partial charge in [0.05, 0.1) is 11.4 Å². The predicted molar refractivity (Wildman–Crippen MR) is 127 cm³/mol. The standard InChI is InChI=1S/C25H26N2O6S/c1-14-27(21(13-34-14)24(29)30)23(28)22-20(10-11-32-22)26-25(31)33-12-19-17-8-4-2-6-15(17)16-7-3-5-9-18(16)19/h2-9,14,19-22H,10-13H2,1H3,(H,26,31)(H,29,30). The first-order valence-electron chi connectivity index (χ1n) is 11.4. The van der Waals surface area contributed by atoms with Crippen LogP contribution >= 0.6 is 11.8 Å². The Morgan fingerprint density at radius 2 is 1.76 bits per heavy atom. The van der Waals surface area contributed by atoms with Crippen LogP contribution in [0.25, 0.3) is 11.1 Å². The second kappa shape index (κ2) is 9.31. The van der Waals surface area contributed by atoms with Gasteiger partial charge in [0.25, 0.3) is 5.91 Å². The first kappa shape index (κ1) is 22.7. The maximum atomic E-state index is 13.1. The number of carbonyl (C=O) groups excluding carboxylic acids is 2. The molecule has 0 bridgehead atoms. The SMILES string of the molecule is CC1SCC(C(=O)O)N1C(=O)C1OCCC1NC(=O)OCC1c2ccccc2-c2ccccc21. The van der Waals surface area contributed by atoms with Gasteiger partial charge in [0, 0.05) is 18.3 Å². The lowest BCUT2D eigenvalue weighted by Crippen LogP contribution is -2.54. The minimum atomic E-state index is -1.04. The summed E-state index contributed by atoms with van der Waals surface area (Å²) in [4.78, 5) is 38.8. The van der Waals surface area contributed by atoms with Gasteiger partial charge < -0.3 is 24.8 Å². The topological polar surface area (TPSA) is 105 Å². The quantitative estimate of drug-likeness (QED) is 0.675. The molecule has 5 rings (SSSR count). The molecule has 0 saturated carbocycles. The molecule has 1 aliphatic carbocycles. The molecule has 3 aliphatic rings. The number of hydrogen-bond donors (Lipinski definition) is 2. The van der Waals surface area contributed by atoms with Crippen molar-refractivity contribution in [3.63, 3.8) is 0 Å². The van der Waals surface area contributed by atoms with E-state index in [9.17, 15) is 19.5 Å². The van der Waals surface area contributed by atoms with E-state index in [1.165, 1.54) is 16.7 Å². The number of benzene rings is 2. The van der Waals surface area contributed by atoms with Crippen LogP contribution in [0.4, 0.5) is 4.79 Å². The molecule has 2 N–H and O–H groups in total. The largest absolute Gasteiger partial charge is 0.480 e. The summed E-state index contributed by atoms with van der Waals surface area (Å²) < 4.78 is 11.2. The molecule has 0 aromatic heterocycles. The molecule has 2 aliphatic heterocycles. The smallest absolute Gasteiger partial charge is 0.407 e. The van der Waals surface area contributed by atoms with E-state index in [0.29, 0.717) is 18.8 Å². The number of amides is 2. The van der Waals surface area contributed by atoms with Crippen molar-refractivity contribution in [2.75, 3.05) is 19.0 Å². The van der Waals surface area contributed by atoms with Crippen LogP contribution < -0.4 is 5.32 Å². The van der Waals surface area contributed by atoms with Gasteiger partial charge in [0.2, 0.25) is 0 Å². The van der Waals surface area contributed by atoms with Gasteiger partial charge in [-0.15, -0.1) is 11.8 Å². The van der Waals surface area contributed by atoms with Crippen LogP contribution in [0.5, 0.6) is 0 Å². The van der Waals surface area contributed by atoms with Crippen LogP contribution in [0, 0.1) is 0 Å². The van der Waals surface area contributed by atoms with Crippen LogP contribution in [-0.2, 0) is 19.1 Å². The second-order valence-corrected chi connectivity index (χ2v) is 10.0. The van der Waals surface area contributed by atoms with E-state index in [4.69, 9.17) is 9.47 Å². The minimum Gasteiger partial charge on any atom is -0.480 e. The number of rotatable bonds is 5. The highest BCUT2D eigenvalue weighted by molar-refractivity contribution is 8.00. The van der Waals surface area contributed by atoms with E-state index in [0.717, 1.165) is 22.3 Å². The highest BCUT2D eigenvalue weighted by Gasteiger charge is 2.46. The van der Waals surface area contributed by atoms with E-state index in [1.54, 1.807) is 6.92 Å². The van der Waals surface area contributed by atoms with Crippen molar-refractivity contribution < 1.29 is 29.0 Å². The molecule has 178 valence electrons. The zero-order valence-electron chi connectivity index (χ0n) is 18.7. The lowest BCUT2D eigenvalue weighted by Gasteiger charge is -2.29. The van der Waals surface area contributed by atoms with Crippen LogP contribution in [0.2, 0.25) is 0 Å². The third-order valence-corrected chi connectivity index (χ3v) is 7.96. The number of hydrogen-bond acceptors (Lipinski definition) is 6. The normalized spacial score (nSPS) is 25.6. The molecule has 2 saturated heterocycles. The van der Waals surface area contributed by atoms with Gasteiger partial charge in [-0.1, -0.05) is 48.5 Å². The predicted octanol–water partition coefficient (Wildman–Crippen LogP) is 3.06. The molecule has 0 spiro atoms. The molecule has 8 nitrogen and oxygen atoms in total. The summed E-state index contributed by atoms with van der Waals surface area (Å²) >= 11 is 1.41. The molecule has 2 fully saturated rings. The lowest BCUT2D eigenvalue weighted by atomic mass is 9.98. The Bertz CT molecular complexity index is 1080. The molecule has 2 aromatic carbocycles. The number of fused-ring (bicyclic) bond motifs is 3. The number of thioether (sulfide) groups is 1. The summed E-state index contributed by atoms with van der Waals surface area (Å²) in [6, 6.07) is 14.7. The highest BCUT2D eigenvalue weighted by atomic mass is 32.2. The molecular formula is C25H26N2O6S. The van der Waals surface area contributed by atoms with Crippen molar-refractivity contribution in [1.82, 2.24) is 10.2 Å². The van der Waals surface area contributed by atoms with Crippen LogP contribution in [0.15, 0.2) is 48.5 Å². The van der Waals surface area contributed by atoms with Crippen LogP contribution in [0.3, 0.4) is 0 Å². The fourth-order valence-electron chi connectivity index (χ4n) is 5.09. The Morgan fingerprint density at radius 3 is 2.41 bits per heavy atom. The van der Waals surface area contributed by atoms with Gasteiger partial charge >= 0.3 is 12.1 Å². The Labute approximate surface area is 201 Å². The molecule has 2 amide bonds. The third-order valence-electron chi connectivity index (χ3n) is 6.74. The zero-order valence-corrected chi connectivity index (χ0v) is 19.5. The second-order valence-electron chi connectivity index (χ2n) is 8.69. The van der Waals surface area contributed by atoms with Crippen molar-refractivity contribution >= 4 is 29.7 Å². The molecular weight excluding hydrogens is 456 g/mol. The molecule has 2 aromatic rings. The van der Waals surface area contributed by atoms with Gasteiger partial charge in [0.15, 0.2) is 6.10 Å². The van der Waals surface area contributed by atoms with E-state index in [-0.39, 0.29) is 17.9 Å². The number of nitrogens with one attached hydrogen (secondary N) is 1. The summed E-state index contributed by atoms with van der Waals surface area (Å²) in [7, 11) is 0. The fraction of sp³-hybridized carbons (Fsp3) is 0.400. The summed E-state index contributed by atoms with van der Waals surface area (Å²) in [6.45, 7) is 2.28. The monoisotopic (exact) mass is 482 g/mol. The summed E-state index contributed by atoms with van der Waals surface area (Å²) in [5.74, 6) is -1.18. The van der Waals surface area contributed by atoms with Crippen molar-refractivity contribution in [3.8, 4) is 11.1 Å². The highest BCUT2D eigenvalue weighted by Crippen LogP contribution is 2.44. The number of carboxylic acids is 1. The number of alkyl carbamates (subject to hydrolysis) is 1. The van der Waals surface area contributed by atoms with Crippen LogP contribution in [0.1, 0.15) is 30.4 Å². The number of carbonyl (C=O) groups is 3. The molecule has 34 heavy (non-hydrogen) atoms. The van der Waals surface area contributed by atoms with Crippen molar-refractivity contribution in [2.45, 2.75) is 42.8 Å². The molecule has 4 unspecified atom stereocenters. The van der Waals surface area contributed by atoms with Gasteiger partial charge in [-0.05, 0) is 35.6 Å². The van der Waals surface area contributed by atoms with Crippen molar-refractivity contribution in [2.24, 2.45) is 0 Å². The Hall–Kier alpha value is -3.04. The Morgan fingerprint density at radius 1 is 1.12 bits per heavy atom. The van der Waals surface area contributed by atoms with Gasteiger partial charge in [-0.2, -0.15) is 0 Å². The number of ether oxygens (including phenoxy) is 2. The number of nitrogens with zero attached hydrogens (tertiary/aromatic N) is 1. The van der Waals surface area contributed by atoms with Crippen LogP contribution in [-0.4, -0.2) is 70.5 Å². The first-order chi connectivity index (χ1) is 16.5. The van der Waals surface area contributed by atoms with E-state index < -0.39 is 36.2 Å². The summed E-state index contributed by atoms with van der Waals surface area (Å²) in [5, 5.41) is 12.0. The molecule has 0 radical (unpaired) electrons. The number of aliphatic carboxylic acids is 1. The average Bonchev–Trinajstić information content (AvgIpc) is 3.53. The zero-order chi connectivity index (χ0) is 23.8. The summed E-state index contributed by atoms with van der Waals surface area (Å²) in [5.41, 5.74) is 4.53. The number of carboxylic acid groups (broad SMARTS) is 1. The van der Waals surface area contributed by atoms with E-state index >= 15 is 0 Å². The fourth-order valence-corrected chi connectivity index (χ4v) is 6.26. The molecule has 2 heterocycles. The minimum absolute atomic E-state index is 0.0609. The maximum absolute atomic E-state index is 13.1.